The second-order valence-corrected chi connectivity index (χ2v) is 19.5. The van der Waals surface area contributed by atoms with Crippen LogP contribution < -0.4 is 5.19 Å². The molecule has 2 aromatic heterocycles. The Morgan fingerprint density at radius 2 is 1.59 bits per heavy atom. The summed E-state index contributed by atoms with van der Waals surface area (Å²) >= 11 is 1.80. The molecule has 0 fully saturated rings. The molecule has 0 aliphatic rings. The Labute approximate surface area is 296 Å². The summed E-state index contributed by atoms with van der Waals surface area (Å²) in [5.74, 6) is 0.945. The number of aromatic nitrogens is 1. The van der Waals surface area contributed by atoms with Crippen molar-refractivity contribution in [2.75, 3.05) is 0 Å². The minimum absolute atomic E-state index is 0. The summed E-state index contributed by atoms with van der Waals surface area (Å²) in [6.45, 7) is 19.7. The van der Waals surface area contributed by atoms with Crippen molar-refractivity contribution >= 4 is 61.3 Å². The quantitative estimate of drug-likeness (QED) is 0.0660. The molecule has 2 heterocycles. The van der Waals surface area contributed by atoms with Crippen LogP contribution in [0.2, 0.25) is 19.6 Å². The van der Waals surface area contributed by atoms with Crippen LogP contribution in [0.25, 0.3) is 42.2 Å². The van der Waals surface area contributed by atoms with Gasteiger partial charge in [0.05, 0.1) is 15.2 Å². The Morgan fingerprint density at radius 1 is 0.935 bits per heavy atom. The van der Waals surface area contributed by atoms with E-state index >= 15 is 0 Å². The molecular weight excluding hydrogens is 779 g/mol. The van der Waals surface area contributed by atoms with Gasteiger partial charge in [-0.1, -0.05) is 108 Å². The molecule has 0 aliphatic carbocycles. The predicted octanol–water partition coefficient (Wildman–Crippen LogP) is 11.6. The van der Waals surface area contributed by atoms with Crippen molar-refractivity contribution < 1.29 is 31.4 Å². The predicted molar refractivity (Wildman–Crippen MR) is 200 cm³/mol. The van der Waals surface area contributed by atoms with Gasteiger partial charge in [-0.15, -0.1) is 40.5 Å². The van der Waals surface area contributed by atoms with E-state index in [2.05, 4.69) is 88.1 Å². The second-order valence-electron chi connectivity index (χ2n) is 13.4. The summed E-state index contributed by atoms with van der Waals surface area (Å²) in [5, 5.41) is 15.9. The van der Waals surface area contributed by atoms with Crippen LogP contribution in [0.1, 0.15) is 80.1 Å². The van der Waals surface area contributed by atoms with Gasteiger partial charge in [0, 0.05) is 59.3 Å². The van der Waals surface area contributed by atoms with Crippen LogP contribution in [0.15, 0.2) is 72.6 Å². The van der Waals surface area contributed by atoms with E-state index in [4.69, 9.17) is 6.35 Å². The van der Waals surface area contributed by atoms with Crippen LogP contribution in [-0.4, -0.2) is 23.9 Å². The zero-order valence-electron chi connectivity index (χ0n) is 29.9. The van der Waals surface area contributed by atoms with E-state index in [9.17, 15) is 9.90 Å². The summed E-state index contributed by atoms with van der Waals surface area (Å²) in [5.41, 5.74) is 3.17. The number of rotatable bonds is 10. The van der Waals surface area contributed by atoms with Gasteiger partial charge in [0.25, 0.3) is 0 Å². The fourth-order valence-electron chi connectivity index (χ4n) is 5.94. The van der Waals surface area contributed by atoms with Gasteiger partial charge in [0.15, 0.2) is 5.78 Å². The Hall–Kier alpha value is -2.63. The maximum absolute atomic E-state index is 11.7. The van der Waals surface area contributed by atoms with Gasteiger partial charge in [0.2, 0.25) is 0 Å². The summed E-state index contributed by atoms with van der Waals surface area (Å²) in [4.78, 5) is 16.4. The molecule has 0 atom stereocenters. The van der Waals surface area contributed by atoms with Crippen LogP contribution >= 0.6 is 11.3 Å². The van der Waals surface area contributed by atoms with Crippen LogP contribution in [0.4, 0.5) is 0 Å². The molecule has 1 radical (unpaired) electrons. The van der Waals surface area contributed by atoms with Crippen molar-refractivity contribution in [2.24, 2.45) is 11.8 Å². The first kappa shape index (κ1) is 36.2. The van der Waals surface area contributed by atoms with Crippen molar-refractivity contribution in [1.29, 1.82) is 0 Å². The fraction of sp³-hybridized carbons (Fsp3) is 0.400. The van der Waals surface area contributed by atoms with E-state index < -0.39 is 8.07 Å². The molecule has 3 nitrogen and oxygen atoms in total. The Kier molecular flexibility index (Phi) is 13.0. The molecule has 0 saturated heterocycles. The molecule has 0 spiro atoms. The van der Waals surface area contributed by atoms with Crippen LogP contribution in [0.5, 0.6) is 0 Å². The molecule has 0 bridgehead atoms. The van der Waals surface area contributed by atoms with Gasteiger partial charge in [-0.05, 0) is 54.5 Å². The number of thiophene rings is 1. The maximum Gasteiger partial charge on any atom is 0.162 e. The number of hydrogen-bond donors (Lipinski definition) is 1. The normalized spacial score (nSPS) is 12.5. The number of hydrogen-bond acceptors (Lipinski definition) is 4. The molecule has 0 saturated carbocycles. The molecule has 247 valence electrons. The fourth-order valence-corrected chi connectivity index (χ4v) is 8.43. The van der Waals surface area contributed by atoms with E-state index in [0.29, 0.717) is 12.1 Å². The summed E-state index contributed by atoms with van der Waals surface area (Å²) in [6, 6.07) is 23.1. The molecule has 5 aromatic rings. The average Bonchev–Trinajstić information content (AvgIpc) is 3.39. The molecule has 6 heteroatoms. The first-order valence-electron chi connectivity index (χ1n) is 17.1. The third-order valence-corrected chi connectivity index (χ3v) is 12.2. The number of carbonyl (C=O) groups is 1. The van der Waals surface area contributed by atoms with Gasteiger partial charge in [-0.3, -0.25) is 9.78 Å². The van der Waals surface area contributed by atoms with Crippen molar-refractivity contribution in [1.82, 2.24) is 4.98 Å². The minimum atomic E-state index is -1.39. The minimum Gasteiger partial charge on any atom is -0.512 e. The van der Waals surface area contributed by atoms with E-state index in [-0.39, 0.29) is 43.5 Å². The Morgan fingerprint density at radius 3 is 2.20 bits per heavy atom. The van der Waals surface area contributed by atoms with Crippen LogP contribution in [0.3, 0.4) is 0 Å². The van der Waals surface area contributed by atoms with Crippen molar-refractivity contribution in [3.63, 3.8) is 0 Å². The number of aliphatic hydroxyl groups excluding tert-OH is 1. The molecule has 0 unspecified atom stereocenters. The van der Waals surface area contributed by atoms with Gasteiger partial charge in [-0.25, -0.2) is 0 Å². The standard InChI is InChI=1S/C27H26NSSi.C13H24O2.Ir/c1-17(2)24-15-19(14-18-8-6-7-9-21(18)24)26-27-23(12-13-28-26)22-11-10-20(30(3,4)5)16-25(22)29-27;1-5-10(6-2)12(14)9-13(15)11(7-3)8-4;/h6-13,15-17H,1-5H3;9-11,14H,5-8H2,1-4H3;/q-1;;/b;12-9-;/i13D;;. The van der Waals surface area contributed by atoms with Gasteiger partial charge < -0.3 is 5.11 Å². The van der Waals surface area contributed by atoms with Crippen LogP contribution in [-0.2, 0) is 24.9 Å². The van der Waals surface area contributed by atoms with Crippen molar-refractivity contribution in [3.8, 4) is 11.3 Å². The third kappa shape index (κ3) is 8.44. The first-order valence-corrected chi connectivity index (χ1v) is 20.9. The van der Waals surface area contributed by atoms with Crippen molar-refractivity contribution in [3.05, 3.63) is 84.2 Å². The monoisotopic (exact) mass is 830 g/mol. The number of ketones is 1. The number of pyridine rings is 1. The second kappa shape index (κ2) is 16.5. The number of carbonyl (C=O) groups excluding carboxylic acids is 1. The number of benzene rings is 3. The number of nitrogens with zero attached hydrogens (tertiary/aromatic N) is 1. The largest absolute Gasteiger partial charge is 0.512 e. The Balaban J connectivity index is 0.000000322. The van der Waals surface area contributed by atoms with E-state index in [1.54, 1.807) is 11.3 Å². The molecular formula is C40H50IrNO2SSi-. The van der Waals surface area contributed by atoms with E-state index in [1.807, 2.05) is 33.8 Å². The molecule has 46 heavy (non-hydrogen) atoms. The topological polar surface area (TPSA) is 50.2 Å². The molecule has 5 rings (SSSR count). The third-order valence-electron chi connectivity index (χ3n) is 8.96. The number of allylic oxidation sites excluding steroid dienone is 2. The van der Waals surface area contributed by atoms with E-state index in [0.717, 1.165) is 52.4 Å². The zero-order valence-corrected chi connectivity index (χ0v) is 33.1. The zero-order chi connectivity index (χ0) is 33.8. The van der Waals surface area contributed by atoms with Crippen LogP contribution in [0, 0.1) is 17.9 Å². The summed E-state index contributed by atoms with van der Waals surface area (Å²) in [7, 11) is -1.39. The molecule has 0 aliphatic heterocycles. The molecule has 3 aromatic carbocycles. The number of fused-ring (bicyclic) bond motifs is 4. The average molecular weight is 830 g/mol. The molecule has 0 amide bonds. The van der Waals surface area contributed by atoms with Gasteiger partial charge in [0.1, 0.15) is 0 Å². The Bertz CT molecular complexity index is 1870. The summed E-state index contributed by atoms with van der Waals surface area (Å²) < 4.78 is 10.8. The van der Waals surface area contributed by atoms with Gasteiger partial charge >= 0.3 is 0 Å². The molecule has 1 N–H and O–H groups in total. The maximum atomic E-state index is 11.7. The van der Waals surface area contributed by atoms with E-state index in [1.165, 1.54) is 32.3 Å². The first-order chi connectivity index (χ1) is 21.8. The SMILES string of the molecule is CCC(CC)C(=O)/C=C(\O)C(CC)CC.[2H]c1cc2c(sc3cc([Si](C)(C)C)ccc32)c(-c2[c-]c3ccccc3c(C(C)C)c2)n1.[Ir]. The number of aliphatic hydroxyl groups is 1. The summed E-state index contributed by atoms with van der Waals surface area (Å²) in [6.07, 6.45) is 5.22. The van der Waals surface area contributed by atoms with Crippen molar-refractivity contribution in [2.45, 2.75) is 92.8 Å². The van der Waals surface area contributed by atoms with Gasteiger partial charge in [-0.2, -0.15) is 0 Å². The smallest absolute Gasteiger partial charge is 0.162 e.